The summed E-state index contributed by atoms with van der Waals surface area (Å²) in [5.41, 5.74) is 7.13. The second-order valence-corrected chi connectivity index (χ2v) is 5.02. The predicted molar refractivity (Wildman–Crippen MR) is 73.5 cm³/mol. The van der Waals surface area contributed by atoms with E-state index in [4.69, 9.17) is 15.2 Å². The molecule has 1 aromatic carbocycles. The van der Waals surface area contributed by atoms with E-state index in [0.717, 1.165) is 17.9 Å². The lowest BCUT2D eigenvalue weighted by Crippen LogP contribution is -2.35. The van der Waals surface area contributed by atoms with Crippen LogP contribution in [0.5, 0.6) is 11.5 Å². The van der Waals surface area contributed by atoms with Crippen molar-refractivity contribution >= 4 is 5.96 Å². The van der Waals surface area contributed by atoms with Gasteiger partial charge in [0.25, 0.3) is 0 Å². The van der Waals surface area contributed by atoms with E-state index in [2.05, 4.69) is 9.89 Å². The molecule has 0 saturated heterocycles. The zero-order chi connectivity index (χ0) is 13.2. The lowest BCUT2D eigenvalue weighted by molar-refractivity contribution is 0.174. The Morgan fingerprint density at radius 1 is 1.37 bits per heavy atom. The summed E-state index contributed by atoms with van der Waals surface area (Å²) in [4.78, 5) is 6.49. The van der Waals surface area contributed by atoms with Crippen molar-refractivity contribution in [1.82, 2.24) is 4.90 Å². The fourth-order valence-electron chi connectivity index (χ4n) is 2.16. The molecule has 0 radical (unpaired) electrons. The summed E-state index contributed by atoms with van der Waals surface area (Å²) in [6.07, 6.45) is 3.32. The summed E-state index contributed by atoms with van der Waals surface area (Å²) in [6, 6.07) is 6.61. The Morgan fingerprint density at radius 3 is 2.95 bits per heavy atom. The fourth-order valence-corrected chi connectivity index (χ4v) is 2.16. The van der Waals surface area contributed by atoms with E-state index in [1.807, 2.05) is 25.2 Å². The molecule has 102 valence electrons. The van der Waals surface area contributed by atoms with Crippen LogP contribution >= 0.6 is 0 Å². The molecule has 0 spiro atoms. The number of nitrogens with zero attached hydrogens (tertiary/aromatic N) is 2. The molecule has 5 nitrogen and oxygen atoms in total. The standard InChI is InChI=1S/C14H19N3O2/c1-17(11-3-4-11)14(15)16-7-6-10-2-5-12-13(8-10)19-9-18-12/h2,5,8,11H,3-4,6-7,9H2,1H3,(H2,15,16). The molecule has 3 rings (SSSR count). The highest BCUT2D eigenvalue weighted by atomic mass is 16.7. The first-order valence-corrected chi connectivity index (χ1v) is 6.65. The summed E-state index contributed by atoms with van der Waals surface area (Å²) >= 11 is 0. The molecule has 1 aliphatic carbocycles. The van der Waals surface area contributed by atoms with Crippen LogP contribution in [-0.4, -0.2) is 37.3 Å². The molecule has 1 saturated carbocycles. The molecule has 19 heavy (non-hydrogen) atoms. The number of hydrogen-bond donors (Lipinski definition) is 1. The third kappa shape index (κ3) is 2.75. The van der Waals surface area contributed by atoms with Crippen LogP contribution in [0, 0.1) is 0 Å². The van der Waals surface area contributed by atoms with Gasteiger partial charge in [-0.2, -0.15) is 0 Å². The molecule has 5 heteroatoms. The Bertz CT molecular complexity index is 497. The van der Waals surface area contributed by atoms with Gasteiger partial charge in [0.2, 0.25) is 6.79 Å². The number of rotatable bonds is 4. The predicted octanol–water partition coefficient (Wildman–Crippen LogP) is 1.37. The average Bonchev–Trinajstić information content (AvgIpc) is 3.16. The molecular weight excluding hydrogens is 242 g/mol. The first-order chi connectivity index (χ1) is 9.24. The highest BCUT2D eigenvalue weighted by Gasteiger charge is 2.27. The molecule has 0 amide bonds. The lowest BCUT2D eigenvalue weighted by Gasteiger charge is -2.16. The van der Waals surface area contributed by atoms with Gasteiger partial charge in [0, 0.05) is 19.6 Å². The van der Waals surface area contributed by atoms with Crippen molar-refractivity contribution in [2.45, 2.75) is 25.3 Å². The Labute approximate surface area is 113 Å². The maximum Gasteiger partial charge on any atom is 0.231 e. The van der Waals surface area contributed by atoms with Gasteiger partial charge in [-0.1, -0.05) is 6.07 Å². The first-order valence-electron chi connectivity index (χ1n) is 6.65. The number of nitrogens with two attached hydrogens (primary N) is 1. The van der Waals surface area contributed by atoms with E-state index in [-0.39, 0.29) is 0 Å². The smallest absolute Gasteiger partial charge is 0.231 e. The largest absolute Gasteiger partial charge is 0.454 e. The van der Waals surface area contributed by atoms with Gasteiger partial charge in [-0.25, -0.2) is 0 Å². The Kier molecular flexibility index (Phi) is 3.19. The van der Waals surface area contributed by atoms with Crippen LogP contribution in [0.4, 0.5) is 0 Å². The van der Waals surface area contributed by atoms with E-state index in [0.29, 0.717) is 25.3 Å². The van der Waals surface area contributed by atoms with Gasteiger partial charge < -0.3 is 20.1 Å². The third-order valence-electron chi connectivity index (χ3n) is 3.57. The van der Waals surface area contributed by atoms with Crippen LogP contribution in [0.1, 0.15) is 18.4 Å². The van der Waals surface area contributed by atoms with Crippen molar-refractivity contribution in [1.29, 1.82) is 0 Å². The lowest BCUT2D eigenvalue weighted by atomic mass is 10.1. The quantitative estimate of drug-likeness (QED) is 0.657. The zero-order valence-corrected chi connectivity index (χ0v) is 11.1. The molecule has 2 N–H and O–H groups in total. The molecule has 0 bridgehead atoms. The van der Waals surface area contributed by atoms with Gasteiger partial charge in [-0.3, -0.25) is 4.99 Å². The summed E-state index contributed by atoms with van der Waals surface area (Å²) in [6.45, 7) is 1.01. The topological polar surface area (TPSA) is 60.1 Å². The van der Waals surface area contributed by atoms with Crippen LogP contribution in [0.2, 0.25) is 0 Å². The average molecular weight is 261 g/mol. The van der Waals surface area contributed by atoms with Gasteiger partial charge in [-0.15, -0.1) is 0 Å². The minimum Gasteiger partial charge on any atom is -0.454 e. The summed E-state index contributed by atoms with van der Waals surface area (Å²) < 4.78 is 10.6. The van der Waals surface area contributed by atoms with Crippen molar-refractivity contribution < 1.29 is 9.47 Å². The normalized spacial score (nSPS) is 17.6. The second-order valence-electron chi connectivity index (χ2n) is 5.02. The van der Waals surface area contributed by atoms with Crippen LogP contribution < -0.4 is 15.2 Å². The van der Waals surface area contributed by atoms with Crippen molar-refractivity contribution in [3.63, 3.8) is 0 Å². The Hall–Kier alpha value is -1.91. The molecule has 0 atom stereocenters. The second kappa shape index (κ2) is 4.99. The number of ether oxygens (including phenoxy) is 2. The third-order valence-corrected chi connectivity index (χ3v) is 3.57. The van der Waals surface area contributed by atoms with Crippen LogP contribution in [0.25, 0.3) is 0 Å². The van der Waals surface area contributed by atoms with Gasteiger partial charge in [0.05, 0.1) is 0 Å². The van der Waals surface area contributed by atoms with Gasteiger partial charge >= 0.3 is 0 Å². The van der Waals surface area contributed by atoms with Gasteiger partial charge in [0.15, 0.2) is 17.5 Å². The van der Waals surface area contributed by atoms with Crippen molar-refractivity contribution in [3.05, 3.63) is 23.8 Å². The number of guanidine groups is 1. The fraction of sp³-hybridized carbons (Fsp3) is 0.500. The number of fused-ring (bicyclic) bond motifs is 1. The molecule has 0 unspecified atom stereocenters. The van der Waals surface area contributed by atoms with Crippen molar-refractivity contribution in [2.24, 2.45) is 10.7 Å². The number of hydrogen-bond acceptors (Lipinski definition) is 3. The van der Waals surface area contributed by atoms with Gasteiger partial charge in [0.1, 0.15) is 0 Å². The Balaban J connectivity index is 1.55. The van der Waals surface area contributed by atoms with E-state index in [1.165, 1.54) is 18.4 Å². The highest BCUT2D eigenvalue weighted by Crippen LogP contribution is 2.32. The first kappa shape index (κ1) is 12.1. The van der Waals surface area contributed by atoms with E-state index < -0.39 is 0 Å². The zero-order valence-electron chi connectivity index (χ0n) is 11.1. The van der Waals surface area contributed by atoms with E-state index in [1.54, 1.807) is 0 Å². The minimum atomic E-state index is 0.316. The van der Waals surface area contributed by atoms with Crippen molar-refractivity contribution in [2.75, 3.05) is 20.4 Å². The number of benzene rings is 1. The molecule has 1 heterocycles. The van der Waals surface area contributed by atoms with Gasteiger partial charge in [-0.05, 0) is 37.0 Å². The molecule has 1 aromatic rings. The molecule has 1 fully saturated rings. The van der Waals surface area contributed by atoms with Crippen LogP contribution in [0.3, 0.4) is 0 Å². The number of aliphatic imine (C=N–C) groups is 1. The van der Waals surface area contributed by atoms with Crippen LogP contribution in [-0.2, 0) is 6.42 Å². The summed E-state index contributed by atoms with van der Waals surface area (Å²) in [7, 11) is 2.01. The summed E-state index contributed by atoms with van der Waals surface area (Å²) in [5.74, 6) is 2.29. The molecule has 0 aromatic heterocycles. The summed E-state index contributed by atoms with van der Waals surface area (Å²) in [5, 5.41) is 0. The maximum atomic E-state index is 5.94. The maximum absolute atomic E-state index is 5.94. The van der Waals surface area contributed by atoms with Crippen LogP contribution in [0.15, 0.2) is 23.2 Å². The monoisotopic (exact) mass is 261 g/mol. The minimum absolute atomic E-state index is 0.316. The Morgan fingerprint density at radius 2 is 2.16 bits per heavy atom. The van der Waals surface area contributed by atoms with Crippen molar-refractivity contribution in [3.8, 4) is 11.5 Å². The van der Waals surface area contributed by atoms with E-state index in [9.17, 15) is 0 Å². The highest BCUT2D eigenvalue weighted by molar-refractivity contribution is 5.78. The molecule has 2 aliphatic rings. The molecule has 1 aliphatic heterocycles. The molecular formula is C14H19N3O2. The SMILES string of the molecule is CN(C(N)=NCCc1ccc2c(c1)OCO2)C1CC1. The van der Waals surface area contributed by atoms with E-state index >= 15 is 0 Å².